The minimum atomic E-state index is 0. The first-order valence-corrected chi connectivity index (χ1v) is 9.24. The highest BCUT2D eigenvalue weighted by Gasteiger charge is 2.36. The largest absolute Gasteiger partial charge is 0.385 e. The standard InChI is InChI=1S/C18H34N4O2.HI/c1-14(2)16(23)22-10-6-15(12-22)21-17(19-3)20-13-18(7-5-8-18)9-11-24-4;/h14-15H,5-13H2,1-4H3,(H2,19,20,21);1H. The zero-order chi connectivity index (χ0) is 17.6. The molecule has 1 unspecified atom stereocenters. The van der Waals surface area contributed by atoms with Crippen molar-refractivity contribution >= 4 is 35.8 Å². The monoisotopic (exact) mass is 466 g/mol. The van der Waals surface area contributed by atoms with E-state index in [0.717, 1.165) is 45.0 Å². The first-order chi connectivity index (χ1) is 11.5. The topological polar surface area (TPSA) is 66.0 Å². The van der Waals surface area contributed by atoms with E-state index in [0.29, 0.717) is 5.41 Å². The molecule has 6 nitrogen and oxygen atoms in total. The molecule has 0 aromatic heterocycles. The highest BCUT2D eigenvalue weighted by molar-refractivity contribution is 14.0. The number of aliphatic imine (C=N–C) groups is 1. The van der Waals surface area contributed by atoms with Gasteiger partial charge in [0.25, 0.3) is 0 Å². The molecule has 0 spiro atoms. The summed E-state index contributed by atoms with van der Waals surface area (Å²) in [5.74, 6) is 1.17. The molecule has 1 amide bonds. The molecule has 2 N–H and O–H groups in total. The number of hydrogen-bond acceptors (Lipinski definition) is 3. The van der Waals surface area contributed by atoms with Crippen molar-refractivity contribution in [3.63, 3.8) is 0 Å². The molecule has 2 rings (SSSR count). The first-order valence-electron chi connectivity index (χ1n) is 9.24. The van der Waals surface area contributed by atoms with Gasteiger partial charge in [-0.15, -0.1) is 24.0 Å². The average molecular weight is 466 g/mol. The van der Waals surface area contributed by atoms with E-state index in [1.54, 1.807) is 7.11 Å². The maximum atomic E-state index is 12.1. The minimum Gasteiger partial charge on any atom is -0.385 e. The summed E-state index contributed by atoms with van der Waals surface area (Å²) >= 11 is 0. The second-order valence-electron chi connectivity index (χ2n) is 7.59. The summed E-state index contributed by atoms with van der Waals surface area (Å²) in [5.41, 5.74) is 0.364. The van der Waals surface area contributed by atoms with Crippen LogP contribution in [0.15, 0.2) is 4.99 Å². The van der Waals surface area contributed by atoms with E-state index in [1.807, 2.05) is 25.8 Å². The lowest BCUT2D eigenvalue weighted by Crippen LogP contribution is -2.50. The minimum absolute atomic E-state index is 0. The van der Waals surface area contributed by atoms with Gasteiger partial charge in [0.05, 0.1) is 0 Å². The quantitative estimate of drug-likeness (QED) is 0.343. The molecule has 1 heterocycles. The highest BCUT2D eigenvalue weighted by Crippen LogP contribution is 2.43. The zero-order valence-electron chi connectivity index (χ0n) is 16.1. The van der Waals surface area contributed by atoms with Gasteiger partial charge in [0, 0.05) is 52.4 Å². The molecule has 7 heteroatoms. The zero-order valence-corrected chi connectivity index (χ0v) is 18.5. The third-order valence-electron chi connectivity index (χ3n) is 5.44. The Kier molecular flexibility index (Phi) is 9.48. The van der Waals surface area contributed by atoms with Crippen molar-refractivity contribution in [3.8, 4) is 0 Å². The highest BCUT2D eigenvalue weighted by atomic mass is 127. The van der Waals surface area contributed by atoms with Crippen molar-refractivity contribution in [3.05, 3.63) is 0 Å². The molecular formula is C18H35IN4O2. The van der Waals surface area contributed by atoms with E-state index >= 15 is 0 Å². The van der Waals surface area contributed by atoms with Crippen LogP contribution in [0.1, 0.15) is 46.0 Å². The molecule has 25 heavy (non-hydrogen) atoms. The second kappa shape index (κ2) is 10.5. The van der Waals surface area contributed by atoms with E-state index in [9.17, 15) is 4.79 Å². The fourth-order valence-corrected chi connectivity index (χ4v) is 3.61. The number of methoxy groups -OCH3 is 1. The maximum Gasteiger partial charge on any atom is 0.225 e. The number of carbonyl (C=O) groups is 1. The summed E-state index contributed by atoms with van der Waals surface area (Å²) in [4.78, 5) is 18.4. The van der Waals surface area contributed by atoms with Crippen molar-refractivity contribution in [2.24, 2.45) is 16.3 Å². The smallest absolute Gasteiger partial charge is 0.225 e. The Labute approximate surface area is 169 Å². The van der Waals surface area contributed by atoms with Gasteiger partial charge in [0.15, 0.2) is 5.96 Å². The number of halogens is 1. The first kappa shape index (κ1) is 22.5. The fourth-order valence-electron chi connectivity index (χ4n) is 3.61. The van der Waals surface area contributed by atoms with Crippen LogP contribution in [-0.4, -0.2) is 63.2 Å². The lowest BCUT2D eigenvalue weighted by molar-refractivity contribution is -0.133. The summed E-state index contributed by atoms with van der Waals surface area (Å²) in [5, 5.41) is 6.97. The maximum absolute atomic E-state index is 12.1. The summed E-state index contributed by atoms with van der Waals surface area (Å²) < 4.78 is 5.26. The van der Waals surface area contributed by atoms with Gasteiger partial charge in [0.2, 0.25) is 5.91 Å². The Balaban J connectivity index is 0.00000312. The van der Waals surface area contributed by atoms with Gasteiger partial charge in [-0.05, 0) is 31.1 Å². The van der Waals surface area contributed by atoms with Crippen molar-refractivity contribution in [1.29, 1.82) is 0 Å². The number of nitrogens with one attached hydrogen (secondary N) is 2. The number of amides is 1. The van der Waals surface area contributed by atoms with Gasteiger partial charge < -0.3 is 20.3 Å². The lowest BCUT2D eigenvalue weighted by atomic mass is 9.67. The average Bonchev–Trinajstić information content (AvgIpc) is 2.99. The van der Waals surface area contributed by atoms with Crippen LogP contribution in [0, 0.1) is 11.3 Å². The molecule has 0 aromatic carbocycles. The number of hydrogen-bond donors (Lipinski definition) is 2. The molecule has 1 aliphatic heterocycles. The van der Waals surface area contributed by atoms with Gasteiger partial charge in [0.1, 0.15) is 0 Å². The predicted octanol–water partition coefficient (Wildman–Crippen LogP) is 2.23. The summed E-state index contributed by atoms with van der Waals surface area (Å²) in [6, 6.07) is 0.287. The second-order valence-corrected chi connectivity index (χ2v) is 7.59. The van der Waals surface area contributed by atoms with Gasteiger partial charge in [-0.1, -0.05) is 20.3 Å². The molecule has 1 atom stereocenters. The van der Waals surface area contributed by atoms with Crippen LogP contribution >= 0.6 is 24.0 Å². The molecule has 0 aromatic rings. The number of carbonyl (C=O) groups excluding carboxylic acids is 1. The van der Waals surface area contributed by atoms with Gasteiger partial charge in [-0.3, -0.25) is 9.79 Å². The van der Waals surface area contributed by atoms with Crippen LogP contribution in [0.5, 0.6) is 0 Å². The van der Waals surface area contributed by atoms with Gasteiger partial charge in [-0.25, -0.2) is 0 Å². The summed E-state index contributed by atoms with van der Waals surface area (Å²) in [6.45, 7) is 7.29. The Hall–Kier alpha value is -0.570. The molecule has 1 saturated carbocycles. The molecule has 0 bridgehead atoms. The third-order valence-corrected chi connectivity index (χ3v) is 5.44. The van der Waals surface area contributed by atoms with Gasteiger partial charge in [-0.2, -0.15) is 0 Å². The summed E-state index contributed by atoms with van der Waals surface area (Å²) in [7, 11) is 3.58. The Morgan fingerprint density at radius 1 is 1.40 bits per heavy atom. The van der Waals surface area contributed by atoms with Crippen LogP contribution in [0.4, 0.5) is 0 Å². The molecule has 2 aliphatic rings. The normalized spacial score (nSPS) is 22.4. The molecule has 2 fully saturated rings. The Bertz CT molecular complexity index is 452. The number of ether oxygens (including phenoxy) is 1. The number of likely N-dealkylation sites (tertiary alicyclic amines) is 1. The fraction of sp³-hybridized carbons (Fsp3) is 0.889. The Morgan fingerprint density at radius 2 is 2.12 bits per heavy atom. The van der Waals surface area contributed by atoms with Crippen LogP contribution in [-0.2, 0) is 9.53 Å². The predicted molar refractivity (Wildman–Crippen MR) is 113 cm³/mol. The third kappa shape index (κ3) is 6.27. The van der Waals surface area contributed by atoms with Crippen LogP contribution < -0.4 is 10.6 Å². The van der Waals surface area contributed by atoms with Crippen LogP contribution in [0.25, 0.3) is 0 Å². The van der Waals surface area contributed by atoms with E-state index in [4.69, 9.17) is 4.74 Å². The van der Waals surface area contributed by atoms with Crippen LogP contribution in [0.3, 0.4) is 0 Å². The summed E-state index contributed by atoms with van der Waals surface area (Å²) in [6.07, 6.45) is 5.93. The number of rotatable bonds is 7. The van der Waals surface area contributed by atoms with Crippen molar-refractivity contribution in [2.75, 3.05) is 40.4 Å². The van der Waals surface area contributed by atoms with Gasteiger partial charge >= 0.3 is 0 Å². The van der Waals surface area contributed by atoms with E-state index < -0.39 is 0 Å². The lowest BCUT2D eigenvalue weighted by Gasteiger charge is -2.42. The van der Waals surface area contributed by atoms with E-state index in [2.05, 4.69) is 15.6 Å². The molecule has 0 radical (unpaired) electrons. The molecule has 1 aliphatic carbocycles. The van der Waals surface area contributed by atoms with E-state index in [1.165, 1.54) is 19.3 Å². The molecule has 1 saturated heterocycles. The van der Waals surface area contributed by atoms with E-state index in [-0.39, 0.29) is 41.8 Å². The van der Waals surface area contributed by atoms with Crippen molar-refractivity contribution in [2.45, 2.75) is 52.0 Å². The number of nitrogens with zero attached hydrogens (tertiary/aromatic N) is 2. The molecule has 146 valence electrons. The molecular weight excluding hydrogens is 431 g/mol. The van der Waals surface area contributed by atoms with Crippen molar-refractivity contribution in [1.82, 2.24) is 15.5 Å². The Morgan fingerprint density at radius 3 is 2.64 bits per heavy atom. The van der Waals surface area contributed by atoms with Crippen molar-refractivity contribution < 1.29 is 9.53 Å². The van der Waals surface area contributed by atoms with Crippen LogP contribution in [0.2, 0.25) is 0 Å². The number of guanidine groups is 1. The SMILES string of the molecule is CN=C(NCC1(CCOC)CCC1)NC1CCN(C(=O)C(C)C)C1.I.